The molecule has 0 bridgehead atoms. The minimum Gasteiger partial charge on any atom is -0.311 e. The van der Waals surface area contributed by atoms with Gasteiger partial charge in [-0.15, -0.1) is 0 Å². The number of hydrogen-bond donors (Lipinski definition) is 0. The highest BCUT2D eigenvalue weighted by Gasteiger charge is 2.53. The Bertz CT molecular complexity index is 3300. The number of benzene rings is 7. The molecule has 0 radical (unpaired) electrons. The molecule has 2 heteroatoms. The third-order valence-electron chi connectivity index (χ3n) is 18.4. The van der Waals surface area contributed by atoms with E-state index in [-0.39, 0.29) is 33.8 Å². The molecule has 0 fully saturated rings. The maximum atomic E-state index is 2.81. The van der Waals surface area contributed by atoms with Crippen LogP contribution in [0.2, 0.25) is 6.32 Å². The normalized spacial score (nSPS) is 21.5. The summed E-state index contributed by atoms with van der Waals surface area (Å²) in [5.74, 6) is 0.335. The van der Waals surface area contributed by atoms with Crippen LogP contribution in [0.3, 0.4) is 0 Å². The molecule has 328 valence electrons. The minimum atomic E-state index is -0.184. The molecular formula is C64H64BN. The Hall–Kier alpha value is -5.60. The second-order valence-electron chi connectivity index (χ2n) is 24.5. The van der Waals surface area contributed by atoms with Crippen molar-refractivity contribution in [3.8, 4) is 33.4 Å². The molecule has 7 aromatic carbocycles. The van der Waals surface area contributed by atoms with Crippen molar-refractivity contribution in [2.75, 3.05) is 4.90 Å². The van der Waals surface area contributed by atoms with Crippen LogP contribution < -0.4 is 10.4 Å². The smallest absolute Gasteiger partial charge is 0.211 e. The van der Waals surface area contributed by atoms with Crippen molar-refractivity contribution in [1.29, 1.82) is 0 Å². The first-order valence-electron chi connectivity index (χ1n) is 25.2. The zero-order chi connectivity index (χ0) is 45.4. The summed E-state index contributed by atoms with van der Waals surface area (Å²) in [6.45, 7) is 25.4. The predicted molar refractivity (Wildman–Crippen MR) is 282 cm³/mol. The highest BCUT2D eigenvalue weighted by atomic mass is 15.2. The SMILES string of the molecule is CC1(C)CCC(C)(C)c2cc(N3C4=C(B5CC[C@@H]6c7cc8ccccc8cc7-c7cccc(c76)-c6cc(-c7ccccc7)cc3c65)C(C)(C)c3cc5c(cc34)C(C)(C)CCC5(C)C)ccc21. The first-order valence-corrected chi connectivity index (χ1v) is 25.2. The van der Waals surface area contributed by atoms with Gasteiger partial charge in [0.1, 0.15) is 0 Å². The van der Waals surface area contributed by atoms with Gasteiger partial charge in [-0.05, 0) is 185 Å². The molecule has 0 unspecified atom stereocenters. The molecule has 2 aliphatic heterocycles. The Morgan fingerprint density at radius 1 is 0.470 bits per heavy atom. The average molecular weight is 858 g/mol. The summed E-state index contributed by atoms with van der Waals surface area (Å²) in [4.78, 5) is 2.81. The quantitative estimate of drug-likeness (QED) is 0.157. The Morgan fingerprint density at radius 3 is 1.77 bits per heavy atom. The third kappa shape index (κ3) is 5.48. The van der Waals surface area contributed by atoms with Gasteiger partial charge < -0.3 is 4.90 Å². The van der Waals surface area contributed by atoms with E-state index in [4.69, 9.17) is 0 Å². The zero-order valence-corrected chi connectivity index (χ0v) is 41.0. The summed E-state index contributed by atoms with van der Waals surface area (Å²) >= 11 is 0. The molecule has 1 nitrogen and oxygen atoms in total. The highest BCUT2D eigenvalue weighted by Crippen LogP contribution is 2.61. The van der Waals surface area contributed by atoms with E-state index in [2.05, 4.69) is 202 Å². The first-order chi connectivity index (χ1) is 31.4. The second kappa shape index (κ2) is 13.3. The molecule has 0 N–H and O–H groups in total. The van der Waals surface area contributed by atoms with Gasteiger partial charge in [0.05, 0.1) is 0 Å². The summed E-state index contributed by atoms with van der Waals surface area (Å²) < 4.78 is 0. The van der Waals surface area contributed by atoms with Crippen LogP contribution in [0.25, 0.3) is 49.9 Å². The molecule has 7 aromatic rings. The number of allylic oxidation sites excluding steroid dienone is 1. The van der Waals surface area contributed by atoms with Crippen molar-refractivity contribution in [2.45, 2.75) is 141 Å². The van der Waals surface area contributed by atoms with Crippen LogP contribution in [-0.4, -0.2) is 6.71 Å². The molecule has 4 aliphatic carbocycles. The second-order valence-corrected chi connectivity index (χ2v) is 24.5. The molecule has 2 heterocycles. The zero-order valence-electron chi connectivity index (χ0n) is 41.0. The summed E-state index contributed by atoms with van der Waals surface area (Å²) in [7, 11) is 0. The monoisotopic (exact) mass is 858 g/mol. The van der Waals surface area contributed by atoms with E-state index in [1.54, 1.807) is 16.6 Å². The maximum Gasteiger partial charge on any atom is 0.211 e. The summed E-state index contributed by atoms with van der Waals surface area (Å²) in [5, 5.41) is 2.67. The van der Waals surface area contributed by atoms with Crippen molar-refractivity contribution in [2.24, 2.45) is 0 Å². The lowest BCUT2D eigenvalue weighted by Gasteiger charge is -2.45. The van der Waals surface area contributed by atoms with Crippen LogP contribution in [0.15, 0.2) is 133 Å². The van der Waals surface area contributed by atoms with Crippen LogP contribution in [0, 0.1) is 0 Å². The maximum absolute atomic E-state index is 2.81. The molecular weight excluding hydrogens is 794 g/mol. The van der Waals surface area contributed by atoms with E-state index >= 15 is 0 Å². The van der Waals surface area contributed by atoms with Crippen LogP contribution in [-0.2, 0) is 27.1 Å². The van der Waals surface area contributed by atoms with Crippen molar-refractivity contribution < 1.29 is 0 Å². The Labute approximate surface area is 394 Å². The van der Waals surface area contributed by atoms with Crippen LogP contribution in [0.1, 0.15) is 152 Å². The third-order valence-corrected chi connectivity index (χ3v) is 18.4. The topological polar surface area (TPSA) is 3.24 Å². The van der Waals surface area contributed by atoms with Gasteiger partial charge in [-0.2, -0.15) is 0 Å². The lowest BCUT2D eigenvalue weighted by atomic mass is 9.31. The van der Waals surface area contributed by atoms with E-state index in [9.17, 15) is 0 Å². The largest absolute Gasteiger partial charge is 0.311 e. The Morgan fingerprint density at radius 2 is 1.08 bits per heavy atom. The van der Waals surface area contributed by atoms with Gasteiger partial charge in [0.25, 0.3) is 0 Å². The fourth-order valence-electron chi connectivity index (χ4n) is 14.5. The minimum absolute atomic E-state index is 0.0814. The van der Waals surface area contributed by atoms with Gasteiger partial charge in [0.15, 0.2) is 0 Å². The lowest BCUT2D eigenvalue weighted by Crippen LogP contribution is -2.47. The van der Waals surface area contributed by atoms with Crippen LogP contribution in [0.4, 0.5) is 11.4 Å². The van der Waals surface area contributed by atoms with Gasteiger partial charge in [-0.25, -0.2) is 0 Å². The molecule has 0 saturated carbocycles. The number of nitrogens with zero attached hydrogens (tertiary/aromatic N) is 1. The Kier molecular flexibility index (Phi) is 8.20. The van der Waals surface area contributed by atoms with Crippen molar-refractivity contribution >= 4 is 40.0 Å². The van der Waals surface area contributed by atoms with Gasteiger partial charge in [-0.1, -0.05) is 166 Å². The van der Waals surface area contributed by atoms with E-state index in [1.807, 2.05) is 0 Å². The van der Waals surface area contributed by atoms with E-state index < -0.39 is 0 Å². The molecule has 6 aliphatic rings. The molecule has 66 heavy (non-hydrogen) atoms. The summed E-state index contributed by atoms with van der Waals surface area (Å²) in [6, 6.07) is 50.8. The standard InChI is InChI=1S/C64H64BN/c1-60(2)26-27-61(3,4)52-35-42(23-24-50(52)60)66-55-34-41(38-17-12-11-13-18-38)33-48-44-22-16-21-43-46-31-39-19-14-15-20-40(39)32-47(46)45(56(43)44)25-30-65(57(48)55)59-58(66)49-36-53-54(37-51(49)64(59,9)10)63(7,8)29-28-62(53,5)6/h11-24,31-37,45H,25-30H2,1-10H3/t45-/m1/s1. The van der Waals surface area contributed by atoms with Crippen molar-refractivity contribution in [1.82, 2.24) is 0 Å². The van der Waals surface area contributed by atoms with E-state index in [0.29, 0.717) is 5.92 Å². The number of rotatable bonds is 2. The fraction of sp³-hybridized carbons (Fsp3) is 0.344. The average Bonchev–Trinajstić information content (AvgIpc) is 3.73. The number of anilines is 2. The van der Waals surface area contributed by atoms with E-state index in [1.165, 1.54) is 126 Å². The molecule has 0 aromatic heterocycles. The number of hydrogen-bond acceptors (Lipinski definition) is 1. The van der Waals surface area contributed by atoms with Gasteiger partial charge in [0, 0.05) is 34.0 Å². The fourth-order valence-corrected chi connectivity index (χ4v) is 14.5. The van der Waals surface area contributed by atoms with Crippen LogP contribution >= 0.6 is 0 Å². The van der Waals surface area contributed by atoms with Gasteiger partial charge in [0.2, 0.25) is 6.71 Å². The summed E-state index contributed by atoms with van der Waals surface area (Å²) in [5.41, 5.74) is 27.9. The number of fused-ring (bicyclic) bond motifs is 10. The van der Waals surface area contributed by atoms with E-state index in [0.717, 1.165) is 12.7 Å². The molecule has 0 amide bonds. The predicted octanol–water partition coefficient (Wildman–Crippen LogP) is 16.5. The molecule has 1 atom stereocenters. The van der Waals surface area contributed by atoms with Crippen LogP contribution in [0.5, 0.6) is 0 Å². The highest BCUT2D eigenvalue weighted by molar-refractivity contribution is 6.85. The Balaban J connectivity index is 1.15. The van der Waals surface area contributed by atoms with Gasteiger partial charge >= 0.3 is 0 Å². The first kappa shape index (κ1) is 40.7. The molecule has 0 saturated heterocycles. The van der Waals surface area contributed by atoms with Gasteiger partial charge in [-0.3, -0.25) is 0 Å². The van der Waals surface area contributed by atoms with Crippen molar-refractivity contribution in [3.05, 3.63) is 177 Å². The molecule has 0 spiro atoms. The lowest BCUT2D eigenvalue weighted by molar-refractivity contribution is 0.331. The van der Waals surface area contributed by atoms with Crippen molar-refractivity contribution in [3.63, 3.8) is 0 Å². The molecule has 13 rings (SSSR count). The summed E-state index contributed by atoms with van der Waals surface area (Å²) in [6.07, 6.45) is 7.03.